The van der Waals surface area contributed by atoms with Crippen LogP contribution in [-0.4, -0.2) is 39.8 Å². The lowest BCUT2D eigenvalue weighted by Crippen LogP contribution is -2.36. The fraction of sp³-hybridized carbons (Fsp3) is 0.333. The first-order valence-electron chi connectivity index (χ1n) is 9.38. The van der Waals surface area contributed by atoms with Gasteiger partial charge in [0.05, 0.1) is 31.0 Å². The van der Waals surface area contributed by atoms with Gasteiger partial charge in [0.25, 0.3) is 5.91 Å². The summed E-state index contributed by atoms with van der Waals surface area (Å²) in [6.45, 7) is 2.50. The van der Waals surface area contributed by atoms with Crippen molar-refractivity contribution in [2.24, 2.45) is 0 Å². The Morgan fingerprint density at radius 1 is 1.32 bits per heavy atom. The lowest BCUT2D eigenvalue weighted by Gasteiger charge is -2.24. The van der Waals surface area contributed by atoms with Gasteiger partial charge in [-0.1, -0.05) is 35.9 Å². The highest BCUT2D eigenvalue weighted by atomic mass is 35.5. The van der Waals surface area contributed by atoms with Crippen LogP contribution in [0.5, 0.6) is 0 Å². The van der Waals surface area contributed by atoms with Crippen molar-refractivity contribution in [1.82, 2.24) is 14.7 Å². The zero-order valence-electron chi connectivity index (χ0n) is 15.5. The predicted octanol–water partition coefficient (Wildman–Crippen LogP) is 4.47. The monoisotopic (exact) mass is 415 g/mol. The van der Waals surface area contributed by atoms with E-state index in [0.29, 0.717) is 30.2 Å². The van der Waals surface area contributed by atoms with Gasteiger partial charge in [0.15, 0.2) is 0 Å². The number of rotatable bonds is 7. The Hall–Kier alpha value is -2.15. The summed E-state index contributed by atoms with van der Waals surface area (Å²) >= 11 is 7.90. The van der Waals surface area contributed by atoms with Gasteiger partial charge in [-0.25, -0.2) is 0 Å². The molecule has 0 radical (unpaired) electrons. The highest BCUT2D eigenvalue weighted by Crippen LogP contribution is 2.20. The van der Waals surface area contributed by atoms with Gasteiger partial charge in [-0.3, -0.25) is 9.48 Å². The van der Waals surface area contributed by atoms with Gasteiger partial charge in [0.2, 0.25) is 0 Å². The normalized spacial score (nSPS) is 16.4. The van der Waals surface area contributed by atoms with Gasteiger partial charge >= 0.3 is 0 Å². The molecule has 1 aliphatic heterocycles. The van der Waals surface area contributed by atoms with E-state index in [9.17, 15) is 4.79 Å². The quantitative estimate of drug-likeness (QED) is 0.572. The number of hydrogen-bond acceptors (Lipinski definition) is 4. The van der Waals surface area contributed by atoms with Crippen LogP contribution in [0.25, 0.3) is 0 Å². The molecule has 5 nitrogen and oxygen atoms in total. The van der Waals surface area contributed by atoms with E-state index in [1.165, 1.54) is 0 Å². The Morgan fingerprint density at radius 3 is 2.96 bits per heavy atom. The van der Waals surface area contributed by atoms with Crippen molar-refractivity contribution in [3.63, 3.8) is 0 Å². The largest absolute Gasteiger partial charge is 0.376 e. The number of halogens is 1. The predicted molar refractivity (Wildman–Crippen MR) is 111 cm³/mol. The molecule has 28 heavy (non-hydrogen) atoms. The van der Waals surface area contributed by atoms with Crippen molar-refractivity contribution in [1.29, 1.82) is 0 Å². The summed E-state index contributed by atoms with van der Waals surface area (Å²) in [6.07, 6.45) is 5.60. The molecule has 0 spiro atoms. The van der Waals surface area contributed by atoms with Gasteiger partial charge < -0.3 is 9.64 Å². The molecule has 1 fully saturated rings. The van der Waals surface area contributed by atoms with Crippen LogP contribution in [0.4, 0.5) is 0 Å². The molecule has 0 saturated carbocycles. The van der Waals surface area contributed by atoms with Crippen LogP contribution in [0, 0.1) is 0 Å². The van der Waals surface area contributed by atoms with Crippen LogP contribution >= 0.6 is 22.9 Å². The minimum Gasteiger partial charge on any atom is -0.376 e. The second-order valence-corrected chi connectivity index (χ2v) is 8.36. The van der Waals surface area contributed by atoms with Gasteiger partial charge in [-0.2, -0.15) is 5.10 Å². The summed E-state index contributed by atoms with van der Waals surface area (Å²) in [5, 5.41) is 7.10. The zero-order chi connectivity index (χ0) is 19.3. The van der Waals surface area contributed by atoms with E-state index in [1.807, 2.05) is 40.6 Å². The van der Waals surface area contributed by atoms with Crippen molar-refractivity contribution in [3.8, 4) is 0 Å². The first-order chi connectivity index (χ1) is 13.7. The summed E-state index contributed by atoms with van der Waals surface area (Å²) in [5.74, 6) is -0.0192. The number of carbonyl (C=O) groups is 1. The Labute approximate surface area is 173 Å². The molecule has 1 amide bonds. The molecular weight excluding hydrogens is 394 g/mol. The smallest absolute Gasteiger partial charge is 0.257 e. The minimum atomic E-state index is -0.0192. The molecule has 7 heteroatoms. The molecule has 4 rings (SSSR count). The molecule has 1 aliphatic rings. The third kappa shape index (κ3) is 4.63. The van der Waals surface area contributed by atoms with E-state index in [-0.39, 0.29) is 12.0 Å². The number of amides is 1. The van der Waals surface area contributed by atoms with Gasteiger partial charge in [-0.15, -0.1) is 11.3 Å². The third-order valence-electron chi connectivity index (χ3n) is 4.83. The van der Waals surface area contributed by atoms with E-state index in [0.717, 1.165) is 29.9 Å². The van der Waals surface area contributed by atoms with Crippen LogP contribution < -0.4 is 0 Å². The first-order valence-corrected chi connectivity index (χ1v) is 10.6. The third-order valence-corrected chi connectivity index (χ3v) is 6.06. The molecule has 146 valence electrons. The molecule has 0 aliphatic carbocycles. The number of thiophene rings is 1. The number of benzene rings is 1. The Kier molecular flexibility index (Phi) is 6.10. The molecule has 1 unspecified atom stereocenters. The number of nitrogens with zero attached hydrogens (tertiary/aromatic N) is 3. The van der Waals surface area contributed by atoms with Crippen molar-refractivity contribution in [2.45, 2.75) is 32.0 Å². The number of aromatic nitrogens is 2. The van der Waals surface area contributed by atoms with Crippen LogP contribution in [0.1, 0.15) is 33.6 Å². The van der Waals surface area contributed by atoms with Gasteiger partial charge in [-0.05, 0) is 35.9 Å². The number of carbonyl (C=O) groups excluding carboxylic acids is 1. The SMILES string of the molecule is O=C(c1cnn(Cc2ccccc2Cl)c1)N(Cc1cccs1)CC1CCCO1. The number of ether oxygens (including phenoxy) is 1. The Bertz CT molecular complexity index is 919. The van der Waals surface area contributed by atoms with Crippen LogP contribution in [0.15, 0.2) is 54.2 Å². The maximum atomic E-state index is 13.2. The fourth-order valence-electron chi connectivity index (χ4n) is 3.39. The van der Waals surface area contributed by atoms with Crippen molar-refractivity contribution >= 4 is 28.8 Å². The van der Waals surface area contributed by atoms with Crippen molar-refractivity contribution in [3.05, 3.63) is 75.2 Å². The van der Waals surface area contributed by atoms with E-state index in [4.69, 9.17) is 16.3 Å². The van der Waals surface area contributed by atoms with Crippen LogP contribution in [-0.2, 0) is 17.8 Å². The average Bonchev–Trinajstić information content (AvgIpc) is 3.45. The molecule has 1 atom stereocenters. The topological polar surface area (TPSA) is 47.4 Å². The maximum absolute atomic E-state index is 13.2. The summed E-state index contributed by atoms with van der Waals surface area (Å²) in [6, 6.07) is 11.7. The highest BCUT2D eigenvalue weighted by Gasteiger charge is 2.24. The molecule has 3 aromatic rings. The summed E-state index contributed by atoms with van der Waals surface area (Å²) < 4.78 is 7.51. The molecule has 1 saturated heterocycles. The van der Waals surface area contributed by atoms with E-state index < -0.39 is 0 Å². The number of hydrogen-bond donors (Lipinski definition) is 0. The minimum absolute atomic E-state index is 0.0192. The van der Waals surface area contributed by atoms with E-state index in [2.05, 4.69) is 11.2 Å². The molecule has 3 heterocycles. The van der Waals surface area contributed by atoms with Crippen LogP contribution in [0.2, 0.25) is 5.02 Å². The van der Waals surface area contributed by atoms with Gasteiger partial charge in [0, 0.05) is 29.2 Å². The first kappa shape index (κ1) is 19.2. The fourth-order valence-corrected chi connectivity index (χ4v) is 4.30. The second kappa shape index (κ2) is 8.90. The van der Waals surface area contributed by atoms with Crippen molar-refractivity contribution < 1.29 is 9.53 Å². The standard InChI is InChI=1S/C21H22ClN3O2S/c22-20-8-2-1-5-16(20)12-25-13-17(11-23-25)21(26)24(14-18-6-3-9-27-18)15-19-7-4-10-28-19/h1-2,4-5,7-8,10-11,13,18H,3,6,9,12,14-15H2. The lowest BCUT2D eigenvalue weighted by molar-refractivity contribution is 0.0509. The second-order valence-electron chi connectivity index (χ2n) is 6.92. The maximum Gasteiger partial charge on any atom is 0.257 e. The van der Waals surface area contributed by atoms with Crippen LogP contribution in [0.3, 0.4) is 0 Å². The Morgan fingerprint density at radius 2 is 2.21 bits per heavy atom. The Balaban J connectivity index is 1.49. The average molecular weight is 416 g/mol. The molecule has 2 aromatic heterocycles. The summed E-state index contributed by atoms with van der Waals surface area (Å²) in [7, 11) is 0. The zero-order valence-corrected chi connectivity index (χ0v) is 17.0. The lowest BCUT2D eigenvalue weighted by atomic mass is 10.2. The van der Waals surface area contributed by atoms with E-state index >= 15 is 0 Å². The van der Waals surface area contributed by atoms with E-state index in [1.54, 1.807) is 28.4 Å². The molecule has 1 aromatic carbocycles. The molecule has 0 bridgehead atoms. The molecular formula is C21H22ClN3O2S. The summed E-state index contributed by atoms with van der Waals surface area (Å²) in [4.78, 5) is 16.2. The highest BCUT2D eigenvalue weighted by molar-refractivity contribution is 7.09. The van der Waals surface area contributed by atoms with Gasteiger partial charge in [0.1, 0.15) is 0 Å². The van der Waals surface area contributed by atoms with Crippen molar-refractivity contribution in [2.75, 3.05) is 13.2 Å². The molecule has 0 N–H and O–H groups in total. The summed E-state index contributed by atoms with van der Waals surface area (Å²) in [5.41, 5.74) is 1.56.